The van der Waals surface area contributed by atoms with Crippen molar-refractivity contribution in [3.8, 4) is 57.9 Å². The van der Waals surface area contributed by atoms with E-state index in [1.807, 2.05) is 84.9 Å². The van der Waals surface area contributed by atoms with Crippen LogP contribution in [-0.2, 0) is 0 Å². The highest BCUT2D eigenvalue weighted by Gasteiger charge is 2.21. The number of rotatable bonds is 4. The van der Waals surface area contributed by atoms with Gasteiger partial charge in [-0.1, -0.05) is 66.7 Å². The summed E-state index contributed by atoms with van der Waals surface area (Å²) >= 11 is 0. The molecular formula is C46H24N6. The molecule has 0 saturated carbocycles. The summed E-state index contributed by atoms with van der Waals surface area (Å²) in [5.41, 5.74) is 11.5. The summed E-state index contributed by atoms with van der Waals surface area (Å²) in [6, 6.07) is 56.8. The zero-order valence-corrected chi connectivity index (χ0v) is 27.5. The number of hydrogen-bond donors (Lipinski definition) is 0. The van der Waals surface area contributed by atoms with Gasteiger partial charge in [-0.2, -0.15) is 21.0 Å². The molecule has 2 aromatic heterocycles. The molecule has 0 amide bonds. The molecule has 0 unspecified atom stereocenters. The van der Waals surface area contributed by atoms with E-state index in [0.29, 0.717) is 22.3 Å². The highest BCUT2D eigenvalue weighted by atomic mass is 15.0. The van der Waals surface area contributed by atoms with Gasteiger partial charge in [-0.25, -0.2) is 0 Å². The summed E-state index contributed by atoms with van der Waals surface area (Å²) in [4.78, 5) is 0. The monoisotopic (exact) mass is 660 g/mol. The van der Waals surface area contributed by atoms with E-state index in [1.165, 1.54) is 0 Å². The summed E-state index contributed by atoms with van der Waals surface area (Å²) in [6.45, 7) is 0. The van der Waals surface area contributed by atoms with Crippen LogP contribution in [0.3, 0.4) is 0 Å². The summed E-state index contributed by atoms with van der Waals surface area (Å²) in [5, 5.41) is 43.3. The lowest BCUT2D eigenvalue weighted by atomic mass is 9.92. The van der Waals surface area contributed by atoms with Gasteiger partial charge in [0.1, 0.15) is 6.07 Å². The minimum Gasteiger partial charge on any atom is -0.309 e. The van der Waals surface area contributed by atoms with Crippen LogP contribution < -0.4 is 0 Å². The molecule has 0 N–H and O–H groups in total. The maximum absolute atomic E-state index is 10.5. The molecule has 0 radical (unpaired) electrons. The summed E-state index contributed by atoms with van der Waals surface area (Å²) in [5.74, 6) is 0. The molecule has 52 heavy (non-hydrogen) atoms. The van der Waals surface area contributed by atoms with Crippen LogP contribution in [0.4, 0.5) is 0 Å². The van der Waals surface area contributed by atoms with E-state index in [1.54, 1.807) is 12.1 Å². The van der Waals surface area contributed by atoms with Crippen molar-refractivity contribution < 1.29 is 0 Å². The predicted molar refractivity (Wildman–Crippen MR) is 205 cm³/mol. The molecule has 0 fully saturated rings. The number of fused-ring (bicyclic) bond motifs is 6. The average Bonchev–Trinajstić information content (AvgIpc) is 3.71. The smallest absolute Gasteiger partial charge is 0.101 e. The Labute approximate surface area is 298 Å². The Morgan fingerprint density at radius 2 is 0.865 bits per heavy atom. The van der Waals surface area contributed by atoms with Crippen LogP contribution in [0.1, 0.15) is 22.3 Å². The predicted octanol–water partition coefficient (Wildman–Crippen LogP) is 10.7. The molecule has 6 nitrogen and oxygen atoms in total. The van der Waals surface area contributed by atoms with Gasteiger partial charge in [0.15, 0.2) is 0 Å². The van der Waals surface area contributed by atoms with Crippen molar-refractivity contribution in [2.24, 2.45) is 0 Å². The molecule has 0 aliphatic carbocycles. The van der Waals surface area contributed by atoms with E-state index in [-0.39, 0.29) is 0 Å². The van der Waals surface area contributed by atoms with Crippen LogP contribution in [0.25, 0.3) is 77.2 Å². The summed E-state index contributed by atoms with van der Waals surface area (Å²) < 4.78 is 4.31. The number of benzene rings is 7. The topological polar surface area (TPSA) is 105 Å². The molecule has 0 aliphatic heterocycles. The van der Waals surface area contributed by atoms with Crippen LogP contribution in [0, 0.1) is 45.3 Å². The van der Waals surface area contributed by atoms with Crippen LogP contribution in [0.15, 0.2) is 146 Å². The van der Waals surface area contributed by atoms with E-state index < -0.39 is 0 Å². The second-order valence-corrected chi connectivity index (χ2v) is 12.6. The van der Waals surface area contributed by atoms with E-state index in [0.717, 1.165) is 77.2 Å². The Bertz CT molecular complexity index is 3040. The van der Waals surface area contributed by atoms with E-state index in [9.17, 15) is 21.0 Å². The number of nitrogens with zero attached hydrogens (tertiary/aromatic N) is 6. The van der Waals surface area contributed by atoms with Crippen molar-refractivity contribution in [2.45, 2.75) is 0 Å². The minimum absolute atomic E-state index is 0.501. The summed E-state index contributed by atoms with van der Waals surface area (Å²) in [6.07, 6.45) is 0. The van der Waals surface area contributed by atoms with Crippen LogP contribution in [0.5, 0.6) is 0 Å². The van der Waals surface area contributed by atoms with Crippen molar-refractivity contribution >= 4 is 43.6 Å². The third-order valence-electron chi connectivity index (χ3n) is 9.86. The first-order valence-corrected chi connectivity index (χ1v) is 16.7. The van der Waals surface area contributed by atoms with Gasteiger partial charge in [0.2, 0.25) is 0 Å². The molecule has 7 aromatic carbocycles. The van der Waals surface area contributed by atoms with E-state index in [4.69, 9.17) is 0 Å². The van der Waals surface area contributed by atoms with Gasteiger partial charge in [0.25, 0.3) is 0 Å². The summed E-state index contributed by atoms with van der Waals surface area (Å²) in [7, 11) is 0. The quantitative estimate of drug-likeness (QED) is 0.187. The number of para-hydroxylation sites is 2. The Morgan fingerprint density at radius 1 is 0.365 bits per heavy atom. The van der Waals surface area contributed by atoms with Crippen molar-refractivity contribution in [3.05, 3.63) is 168 Å². The fourth-order valence-electron chi connectivity index (χ4n) is 7.58. The fraction of sp³-hybridized carbons (Fsp3) is 0. The molecular weight excluding hydrogens is 637 g/mol. The van der Waals surface area contributed by atoms with Gasteiger partial charge in [0.05, 0.1) is 68.2 Å². The molecule has 0 spiro atoms. The molecule has 0 bridgehead atoms. The standard InChI is InChI=1S/C46H24N6/c47-25-29-12-19-43-39(22-29)37-9-3-4-11-42(37)51(43)34-17-15-32(16-18-34)35-7-1-2-8-36(35)38-10-5-6-33(28-50)46(38)52-44-20-13-30(26-48)23-40(44)41-24-31(27-49)14-21-45(41)52/h1-24H. The molecule has 238 valence electrons. The van der Waals surface area contributed by atoms with Crippen molar-refractivity contribution in [2.75, 3.05) is 0 Å². The van der Waals surface area contributed by atoms with Gasteiger partial charge in [-0.15, -0.1) is 0 Å². The van der Waals surface area contributed by atoms with Gasteiger partial charge < -0.3 is 9.13 Å². The number of aromatic nitrogens is 2. The molecule has 0 aliphatic rings. The molecule has 6 heteroatoms. The molecule has 2 heterocycles. The van der Waals surface area contributed by atoms with Crippen molar-refractivity contribution in [1.29, 1.82) is 21.0 Å². The molecule has 9 rings (SSSR count). The highest BCUT2D eigenvalue weighted by molar-refractivity contribution is 6.11. The van der Waals surface area contributed by atoms with E-state index >= 15 is 0 Å². The largest absolute Gasteiger partial charge is 0.309 e. The molecule has 9 aromatic rings. The third kappa shape index (κ3) is 4.54. The second-order valence-electron chi connectivity index (χ2n) is 12.6. The Morgan fingerprint density at radius 3 is 1.46 bits per heavy atom. The first-order valence-electron chi connectivity index (χ1n) is 16.7. The second kappa shape index (κ2) is 11.9. The van der Waals surface area contributed by atoms with Crippen LogP contribution in [-0.4, -0.2) is 9.13 Å². The molecule has 0 saturated heterocycles. The first-order chi connectivity index (χ1) is 25.6. The van der Waals surface area contributed by atoms with Crippen LogP contribution in [0.2, 0.25) is 0 Å². The average molecular weight is 661 g/mol. The van der Waals surface area contributed by atoms with Crippen LogP contribution >= 0.6 is 0 Å². The van der Waals surface area contributed by atoms with Gasteiger partial charge in [-0.3, -0.25) is 0 Å². The lowest BCUT2D eigenvalue weighted by Crippen LogP contribution is -2.01. The first kappa shape index (κ1) is 30.2. The maximum Gasteiger partial charge on any atom is 0.101 e. The van der Waals surface area contributed by atoms with Gasteiger partial charge in [0, 0.05) is 32.8 Å². The zero-order chi connectivity index (χ0) is 35.3. The van der Waals surface area contributed by atoms with E-state index in [2.05, 4.69) is 81.9 Å². The Balaban J connectivity index is 1.24. The minimum atomic E-state index is 0.501. The van der Waals surface area contributed by atoms with Gasteiger partial charge in [-0.05, 0) is 95.6 Å². The lowest BCUT2D eigenvalue weighted by molar-refractivity contribution is 1.17. The SMILES string of the molecule is N#Cc1ccc2c(c1)c1ccccc1n2-c1ccc(-c2ccccc2-c2cccc(C#N)c2-n2c3ccc(C#N)cc3c3cc(C#N)ccc32)cc1. The number of nitriles is 4. The fourth-order valence-corrected chi connectivity index (χ4v) is 7.58. The Hall–Kier alpha value is -7.90. The molecule has 0 atom stereocenters. The number of hydrogen-bond acceptors (Lipinski definition) is 4. The van der Waals surface area contributed by atoms with Crippen molar-refractivity contribution in [3.63, 3.8) is 0 Å². The third-order valence-corrected chi connectivity index (χ3v) is 9.86. The maximum atomic E-state index is 10.5. The normalized spacial score (nSPS) is 11.0. The Kier molecular flexibility index (Phi) is 6.91. The van der Waals surface area contributed by atoms with Gasteiger partial charge >= 0.3 is 0 Å². The lowest BCUT2D eigenvalue weighted by Gasteiger charge is -2.18. The zero-order valence-electron chi connectivity index (χ0n) is 27.5. The van der Waals surface area contributed by atoms with Crippen molar-refractivity contribution in [1.82, 2.24) is 9.13 Å². The highest BCUT2D eigenvalue weighted by Crippen LogP contribution is 2.42.